The molecule has 0 saturated carbocycles. The van der Waals surface area contributed by atoms with Crippen molar-refractivity contribution >= 4 is 29.0 Å². The summed E-state index contributed by atoms with van der Waals surface area (Å²) in [6.45, 7) is 3.85. The molecule has 3 aromatic rings. The van der Waals surface area contributed by atoms with E-state index >= 15 is 0 Å². The molecule has 2 N–H and O–H groups in total. The van der Waals surface area contributed by atoms with E-state index < -0.39 is 24.2 Å². The molecule has 2 atom stereocenters. The van der Waals surface area contributed by atoms with E-state index in [1.165, 1.54) is 0 Å². The Labute approximate surface area is 188 Å². The van der Waals surface area contributed by atoms with Crippen LogP contribution in [0.15, 0.2) is 48.5 Å². The molecule has 1 aliphatic heterocycles. The maximum atomic E-state index is 13.9. The fourth-order valence-electron chi connectivity index (χ4n) is 3.88. The van der Waals surface area contributed by atoms with Gasteiger partial charge in [0, 0.05) is 12.1 Å². The number of amides is 1. The minimum Gasteiger partial charge on any atom is -0.362 e. The van der Waals surface area contributed by atoms with Crippen LogP contribution in [0, 0.1) is 6.92 Å². The Balaban J connectivity index is 1.70. The molecule has 168 valence electrons. The summed E-state index contributed by atoms with van der Waals surface area (Å²) in [6.07, 6.45) is -4.14. The van der Waals surface area contributed by atoms with E-state index in [9.17, 15) is 18.0 Å². The monoisotopic (exact) mass is 462 g/mol. The lowest BCUT2D eigenvalue weighted by Gasteiger charge is -2.33. The molecule has 5 nitrogen and oxygen atoms in total. The van der Waals surface area contributed by atoms with Crippen LogP contribution >= 0.6 is 11.6 Å². The maximum absolute atomic E-state index is 13.9. The van der Waals surface area contributed by atoms with E-state index in [1.807, 2.05) is 38.1 Å². The predicted octanol–water partition coefficient (Wildman–Crippen LogP) is 6.32. The molecular formula is C23H22ClF3N4O. The molecule has 1 aliphatic rings. The standard InChI is InChI=1S/C23H22ClF3N4O/c1-3-14-6-4-5-7-16(14)29-22(32)20-19(24)21-28-17(15-10-8-13(2)9-11-15)12-18(23(25,26)27)31(21)30-20/h4-11,17-18,28H,3,12H2,1-2H3,(H,29,32)/t17-,18+/m0/s1. The molecule has 4 rings (SSSR count). The van der Waals surface area contributed by atoms with Gasteiger partial charge in [-0.05, 0) is 30.5 Å². The van der Waals surface area contributed by atoms with Gasteiger partial charge in [0.2, 0.25) is 0 Å². The number of benzene rings is 2. The van der Waals surface area contributed by atoms with Crippen LogP contribution in [0.2, 0.25) is 5.02 Å². The van der Waals surface area contributed by atoms with Gasteiger partial charge in [-0.3, -0.25) is 4.79 Å². The highest BCUT2D eigenvalue weighted by atomic mass is 35.5. The first kappa shape index (κ1) is 22.2. The fraction of sp³-hybridized carbons (Fsp3) is 0.304. The maximum Gasteiger partial charge on any atom is 0.410 e. The van der Waals surface area contributed by atoms with E-state index in [1.54, 1.807) is 24.3 Å². The third kappa shape index (κ3) is 4.19. The second kappa shape index (κ2) is 8.50. The van der Waals surface area contributed by atoms with Gasteiger partial charge >= 0.3 is 6.18 Å². The Morgan fingerprint density at radius 3 is 2.56 bits per heavy atom. The van der Waals surface area contributed by atoms with Gasteiger partial charge in [0.15, 0.2) is 11.7 Å². The van der Waals surface area contributed by atoms with Crippen molar-refractivity contribution in [2.24, 2.45) is 0 Å². The van der Waals surface area contributed by atoms with Crippen LogP contribution < -0.4 is 10.6 Å². The van der Waals surface area contributed by atoms with Gasteiger partial charge in [-0.1, -0.05) is 66.6 Å². The average Bonchev–Trinajstić information content (AvgIpc) is 3.10. The highest BCUT2D eigenvalue weighted by Crippen LogP contribution is 2.46. The normalized spacial score (nSPS) is 18.1. The van der Waals surface area contributed by atoms with Crippen molar-refractivity contribution in [3.8, 4) is 0 Å². The van der Waals surface area contributed by atoms with Gasteiger partial charge in [-0.2, -0.15) is 18.3 Å². The number of anilines is 2. The minimum atomic E-state index is -4.56. The van der Waals surface area contributed by atoms with Gasteiger partial charge in [0.05, 0.1) is 6.04 Å². The summed E-state index contributed by atoms with van der Waals surface area (Å²) in [5.41, 5.74) is 2.92. The number of aromatic nitrogens is 2. The van der Waals surface area contributed by atoms with Crippen LogP contribution in [0.3, 0.4) is 0 Å². The molecule has 0 unspecified atom stereocenters. The number of para-hydroxylation sites is 1. The Bertz CT molecular complexity index is 1140. The summed E-state index contributed by atoms with van der Waals surface area (Å²) in [5, 5.41) is 9.62. The quantitative estimate of drug-likeness (QED) is 0.477. The first-order chi connectivity index (χ1) is 15.2. The summed E-state index contributed by atoms with van der Waals surface area (Å²) in [6, 6.07) is 11.9. The van der Waals surface area contributed by atoms with Crippen LogP contribution in [0.1, 0.15) is 52.6 Å². The van der Waals surface area contributed by atoms with E-state index in [-0.39, 0.29) is 23.0 Å². The molecule has 0 radical (unpaired) electrons. The van der Waals surface area contributed by atoms with Crippen LogP contribution in [0.5, 0.6) is 0 Å². The molecule has 1 amide bonds. The lowest BCUT2D eigenvalue weighted by molar-refractivity contribution is -0.173. The smallest absolute Gasteiger partial charge is 0.362 e. The molecule has 32 heavy (non-hydrogen) atoms. The highest BCUT2D eigenvalue weighted by molar-refractivity contribution is 6.36. The molecule has 0 aliphatic carbocycles. The summed E-state index contributed by atoms with van der Waals surface area (Å²) in [7, 11) is 0. The van der Waals surface area contributed by atoms with Crippen molar-refractivity contribution < 1.29 is 18.0 Å². The van der Waals surface area contributed by atoms with Crippen molar-refractivity contribution in [2.45, 2.75) is 44.9 Å². The number of halogens is 4. The molecule has 2 heterocycles. The lowest BCUT2D eigenvalue weighted by atomic mass is 9.96. The molecule has 2 aromatic carbocycles. The van der Waals surface area contributed by atoms with Crippen molar-refractivity contribution in [3.05, 3.63) is 75.9 Å². The zero-order chi connectivity index (χ0) is 23.0. The number of hydrogen-bond donors (Lipinski definition) is 2. The largest absolute Gasteiger partial charge is 0.410 e. The average molecular weight is 463 g/mol. The number of alkyl halides is 3. The summed E-state index contributed by atoms with van der Waals surface area (Å²) >= 11 is 6.40. The minimum absolute atomic E-state index is 0.0141. The third-order valence-corrected chi connectivity index (χ3v) is 5.99. The van der Waals surface area contributed by atoms with Crippen molar-refractivity contribution in [1.29, 1.82) is 0 Å². The zero-order valence-corrected chi connectivity index (χ0v) is 18.3. The van der Waals surface area contributed by atoms with Crippen LogP contribution in [0.25, 0.3) is 0 Å². The van der Waals surface area contributed by atoms with E-state index in [0.29, 0.717) is 17.7 Å². The van der Waals surface area contributed by atoms with Gasteiger partial charge in [0.1, 0.15) is 10.8 Å². The second-order valence-electron chi connectivity index (χ2n) is 7.82. The van der Waals surface area contributed by atoms with Gasteiger partial charge < -0.3 is 10.6 Å². The zero-order valence-electron chi connectivity index (χ0n) is 17.5. The van der Waals surface area contributed by atoms with Crippen molar-refractivity contribution in [2.75, 3.05) is 10.6 Å². The van der Waals surface area contributed by atoms with Crippen molar-refractivity contribution in [1.82, 2.24) is 9.78 Å². The van der Waals surface area contributed by atoms with Crippen LogP contribution in [-0.2, 0) is 6.42 Å². The van der Waals surface area contributed by atoms with E-state index in [2.05, 4.69) is 15.7 Å². The fourth-order valence-corrected chi connectivity index (χ4v) is 4.15. The summed E-state index contributed by atoms with van der Waals surface area (Å²) < 4.78 is 42.6. The van der Waals surface area contributed by atoms with Gasteiger partial charge in [-0.15, -0.1) is 0 Å². The first-order valence-electron chi connectivity index (χ1n) is 10.3. The number of fused-ring (bicyclic) bond motifs is 1. The topological polar surface area (TPSA) is 59.0 Å². The predicted molar refractivity (Wildman–Crippen MR) is 118 cm³/mol. The number of nitrogens with zero attached hydrogens (tertiary/aromatic N) is 2. The molecular weight excluding hydrogens is 441 g/mol. The Morgan fingerprint density at radius 1 is 1.22 bits per heavy atom. The molecule has 0 fully saturated rings. The Hall–Kier alpha value is -3.00. The van der Waals surface area contributed by atoms with Crippen molar-refractivity contribution in [3.63, 3.8) is 0 Å². The summed E-state index contributed by atoms with van der Waals surface area (Å²) in [4.78, 5) is 12.9. The number of carbonyl (C=O) groups is 1. The first-order valence-corrected chi connectivity index (χ1v) is 10.6. The molecule has 1 aromatic heterocycles. The van der Waals surface area contributed by atoms with Crippen LogP contribution in [-0.4, -0.2) is 21.9 Å². The number of hydrogen-bond acceptors (Lipinski definition) is 3. The number of rotatable bonds is 4. The lowest BCUT2D eigenvalue weighted by Crippen LogP contribution is -2.35. The molecule has 0 bridgehead atoms. The van der Waals surface area contributed by atoms with Gasteiger partial charge in [0.25, 0.3) is 5.91 Å². The molecule has 9 heteroatoms. The molecule has 0 spiro atoms. The summed E-state index contributed by atoms with van der Waals surface area (Å²) in [5.74, 6) is -0.674. The number of aryl methyl sites for hydroxylation is 2. The number of nitrogens with one attached hydrogen (secondary N) is 2. The SMILES string of the molecule is CCc1ccccc1NC(=O)c1nn2c(c1Cl)N[C@H](c1ccc(C)cc1)C[C@@H]2C(F)(F)F. The van der Waals surface area contributed by atoms with E-state index in [0.717, 1.165) is 15.8 Å². The second-order valence-corrected chi connectivity index (χ2v) is 8.20. The molecule has 0 saturated heterocycles. The Kier molecular flexibility index (Phi) is 5.90. The third-order valence-electron chi connectivity index (χ3n) is 5.64. The van der Waals surface area contributed by atoms with Gasteiger partial charge in [-0.25, -0.2) is 4.68 Å². The number of carbonyl (C=O) groups excluding carboxylic acids is 1. The van der Waals surface area contributed by atoms with E-state index in [4.69, 9.17) is 11.6 Å². The Morgan fingerprint density at radius 2 is 1.91 bits per heavy atom. The highest BCUT2D eigenvalue weighted by Gasteiger charge is 2.47. The van der Waals surface area contributed by atoms with Crippen LogP contribution in [0.4, 0.5) is 24.7 Å².